The van der Waals surface area contributed by atoms with E-state index in [0.717, 1.165) is 12.4 Å². The van der Waals surface area contributed by atoms with Crippen LogP contribution in [0.3, 0.4) is 0 Å². The summed E-state index contributed by atoms with van der Waals surface area (Å²) in [5.74, 6) is -3.33. The van der Waals surface area contributed by atoms with E-state index in [9.17, 15) is 19.3 Å². The van der Waals surface area contributed by atoms with Crippen molar-refractivity contribution in [3.8, 4) is 11.6 Å². The van der Waals surface area contributed by atoms with E-state index >= 15 is 0 Å². The molecule has 0 aliphatic heterocycles. The zero-order chi connectivity index (χ0) is 15.6. The first-order chi connectivity index (χ1) is 9.91. The second-order valence-corrected chi connectivity index (χ2v) is 3.89. The summed E-state index contributed by atoms with van der Waals surface area (Å²) in [6, 6.07) is 3.41. The minimum atomic E-state index is -1.57. The summed E-state index contributed by atoms with van der Waals surface area (Å²) in [7, 11) is 0. The van der Waals surface area contributed by atoms with Crippen LogP contribution in [0.5, 0.6) is 11.6 Å². The highest BCUT2D eigenvalue weighted by Crippen LogP contribution is 2.32. The van der Waals surface area contributed by atoms with E-state index in [2.05, 4.69) is 9.97 Å². The fourth-order valence-electron chi connectivity index (χ4n) is 1.58. The molecule has 0 bridgehead atoms. The van der Waals surface area contributed by atoms with Crippen LogP contribution < -0.4 is 4.74 Å². The van der Waals surface area contributed by atoms with Crippen molar-refractivity contribution >= 4 is 11.7 Å². The molecule has 0 fully saturated rings. The van der Waals surface area contributed by atoms with E-state index in [0.29, 0.717) is 0 Å². The second-order valence-electron chi connectivity index (χ2n) is 3.89. The average Bonchev–Trinajstić information content (AvgIpc) is 2.43. The maximum atomic E-state index is 13.7. The molecule has 9 heteroatoms. The molecule has 1 N–H and O–H groups in total. The van der Waals surface area contributed by atoms with Gasteiger partial charge in [-0.05, 0) is 13.0 Å². The van der Waals surface area contributed by atoms with Gasteiger partial charge in [-0.15, -0.1) is 0 Å². The van der Waals surface area contributed by atoms with Gasteiger partial charge < -0.3 is 9.84 Å². The summed E-state index contributed by atoms with van der Waals surface area (Å²) in [4.78, 5) is 28.3. The largest absolute Gasteiger partial charge is 0.477 e. The van der Waals surface area contributed by atoms with Crippen molar-refractivity contribution in [2.45, 2.75) is 6.92 Å². The highest BCUT2D eigenvalue weighted by atomic mass is 19.1. The molecule has 108 valence electrons. The molecule has 2 rings (SSSR count). The lowest BCUT2D eigenvalue weighted by Gasteiger charge is -2.09. The van der Waals surface area contributed by atoms with Gasteiger partial charge in [0, 0.05) is 6.07 Å². The maximum absolute atomic E-state index is 13.7. The Balaban J connectivity index is 2.54. The third-order valence-electron chi connectivity index (χ3n) is 2.55. The number of hydrogen-bond donors (Lipinski definition) is 1. The fourth-order valence-corrected chi connectivity index (χ4v) is 1.58. The van der Waals surface area contributed by atoms with E-state index in [1.165, 1.54) is 19.1 Å². The van der Waals surface area contributed by atoms with Gasteiger partial charge in [-0.2, -0.15) is 9.37 Å². The summed E-state index contributed by atoms with van der Waals surface area (Å²) in [5, 5.41) is 19.9. The van der Waals surface area contributed by atoms with Crippen LogP contribution in [0.15, 0.2) is 24.5 Å². The van der Waals surface area contributed by atoms with Gasteiger partial charge in [0.15, 0.2) is 11.3 Å². The van der Waals surface area contributed by atoms with Crippen LogP contribution >= 0.6 is 0 Å². The van der Waals surface area contributed by atoms with Crippen molar-refractivity contribution in [1.82, 2.24) is 9.97 Å². The summed E-state index contributed by atoms with van der Waals surface area (Å²) in [6.45, 7) is 1.37. The van der Waals surface area contributed by atoms with E-state index in [4.69, 9.17) is 9.84 Å². The van der Waals surface area contributed by atoms with Gasteiger partial charge in [0.25, 0.3) is 11.6 Å². The molecule has 1 aromatic heterocycles. The maximum Gasteiger partial charge on any atom is 0.346 e. The van der Waals surface area contributed by atoms with Gasteiger partial charge >= 0.3 is 5.97 Å². The van der Waals surface area contributed by atoms with Gasteiger partial charge in [0.1, 0.15) is 6.33 Å². The number of nitro benzene ring substituents is 1. The van der Waals surface area contributed by atoms with Crippen molar-refractivity contribution in [1.29, 1.82) is 0 Å². The molecular weight excluding hydrogens is 285 g/mol. The molecule has 0 aliphatic rings. The molecule has 21 heavy (non-hydrogen) atoms. The number of carboxylic acid groups (broad SMARTS) is 1. The van der Waals surface area contributed by atoms with Gasteiger partial charge in [-0.1, -0.05) is 6.07 Å². The predicted octanol–water partition coefficient (Wildman–Crippen LogP) is 2.32. The Labute approximate surface area is 117 Å². The quantitative estimate of drug-likeness (QED) is 0.679. The lowest BCUT2D eigenvalue weighted by atomic mass is 10.1. The van der Waals surface area contributed by atoms with Crippen LogP contribution in [0.1, 0.15) is 16.1 Å². The fraction of sp³-hybridized carbons (Fsp3) is 0.0833. The molecule has 0 aliphatic carbocycles. The molecule has 0 spiro atoms. The first kappa shape index (κ1) is 14.3. The van der Waals surface area contributed by atoms with Gasteiger partial charge in [0.05, 0.1) is 10.6 Å². The van der Waals surface area contributed by atoms with Crippen LogP contribution in [0.25, 0.3) is 0 Å². The van der Waals surface area contributed by atoms with E-state index in [1.807, 2.05) is 0 Å². The van der Waals surface area contributed by atoms with Gasteiger partial charge in [0.2, 0.25) is 5.82 Å². The Hall–Kier alpha value is -3.10. The Morgan fingerprint density at radius 3 is 2.76 bits per heavy atom. The highest BCUT2D eigenvalue weighted by molar-refractivity contribution is 5.95. The first-order valence-corrected chi connectivity index (χ1v) is 5.57. The van der Waals surface area contributed by atoms with Gasteiger partial charge in [-0.3, -0.25) is 10.1 Å². The van der Waals surface area contributed by atoms with Crippen molar-refractivity contribution in [3.63, 3.8) is 0 Å². The zero-order valence-electron chi connectivity index (χ0n) is 10.6. The van der Waals surface area contributed by atoms with Crippen LogP contribution in [-0.2, 0) is 0 Å². The lowest BCUT2D eigenvalue weighted by Crippen LogP contribution is -2.06. The average molecular weight is 293 g/mol. The minimum Gasteiger partial charge on any atom is -0.477 e. The Kier molecular flexibility index (Phi) is 3.74. The zero-order valence-corrected chi connectivity index (χ0v) is 10.6. The third kappa shape index (κ3) is 2.76. The minimum absolute atomic E-state index is 0.00214. The lowest BCUT2D eigenvalue weighted by molar-refractivity contribution is -0.385. The Morgan fingerprint density at radius 2 is 2.14 bits per heavy atom. The number of aromatic carboxylic acids is 1. The number of halogens is 1. The van der Waals surface area contributed by atoms with Crippen molar-refractivity contribution in [2.75, 3.05) is 0 Å². The van der Waals surface area contributed by atoms with Crippen molar-refractivity contribution in [3.05, 3.63) is 51.7 Å². The number of ether oxygens (including phenoxy) is 1. The number of nitro groups is 1. The van der Waals surface area contributed by atoms with E-state index in [1.54, 1.807) is 0 Å². The van der Waals surface area contributed by atoms with Crippen LogP contribution in [0.2, 0.25) is 0 Å². The molecule has 8 nitrogen and oxygen atoms in total. The highest BCUT2D eigenvalue weighted by Gasteiger charge is 2.26. The Bertz CT molecular complexity index is 735. The molecule has 0 saturated heterocycles. The molecule has 0 unspecified atom stereocenters. The van der Waals surface area contributed by atoms with Crippen molar-refractivity contribution in [2.24, 2.45) is 0 Å². The van der Waals surface area contributed by atoms with E-state index < -0.39 is 33.8 Å². The van der Waals surface area contributed by atoms with E-state index in [-0.39, 0.29) is 11.4 Å². The number of benzene rings is 1. The van der Waals surface area contributed by atoms with Crippen LogP contribution in [-0.4, -0.2) is 26.0 Å². The number of aromatic nitrogens is 2. The number of carbonyl (C=O) groups is 1. The number of hydrogen-bond acceptors (Lipinski definition) is 6. The smallest absolute Gasteiger partial charge is 0.346 e. The second kappa shape index (κ2) is 5.49. The van der Waals surface area contributed by atoms with Gasteiger partial charge in [-0.25, -0.2) is 9.78 Å². The number of carboxylic acids is 1. The molecule has 1 heterocycles. The predicted molar refractivity (Wildman–Crippen MR) is 66.9 cm³/mol. The number of nitrogens with zero attached hydrogens (tertiary/aromatic N) is 3. The SMILES string of the molecule is Cc1ncnc(Oc2cccc([N+](=O)[O-])c2C(=O)O)c1F. The van der Waals surface area contributed by atoms with Crippen LogP contribution in [0, 0.1) is 22.9 Å². The van der Waals surface area contributed by atoms with Crippen LogP contribution in [0.4, 0.5) is 10.1 Å². The first-order valence-electron chi connectivity index (χ1n) is 5.57. The molecular formula is C12H8FN3O5. The molecule has 2 aromatic rings. The topological polar surface area (TPSA) is 115 Å². The molecule has 0 radical (unpaired) electrons. The Morgan fingerprint density at radius 1 is 1.43 bits per heavy atom. The standard InChI is InChI=1S/C12H8FN3O5/c1-6-10(13)11(15-5-14-6)21-8-4-2-3-7(16(19)20)9(8)12(17)18/h2-5H,1H3,(H,17,18). The number of rotatable bonds is 4. The normalized spacial score (nSPS) is 10.2. The van der Waals surface area contributed by atoms with Crippen molar-refractivity contribution < 1.29 is 24.0 Å². The molecule has 0 atom stereocenters. The monoisotopic (exact) mass is 293 g/mol. The molecule has 0 amide bonds. The summed E-state index contributed by atoms with van der Waals surface area (Å²) in [6.07, 6.45) is 1.03. The summed E-state index contributed by atoms with van der Waals surface area (Å²) < 4.78 is 18.8. The summed E-state index contributed by atoms with van der Waals surface area (Å²) in [5.41, 5.74) is -1.34. The molecule has 0 saturated carbocycles. The molecule has 1 aromatic carbocycles. The summed E-state index contributed by atoms with van der Waals surface area (Å²) >= 11 is 0. The number of aryl methyl sites for hydroxylation is 1. The third-order valence-corrected chi connectivity index (χ3v) is 2.55.